The summed E-state index contributed by atoms with van der Waals surface area (Å²) in [4.78, 5) is 25.8. The highest BCUT2D eigenvalue weighted by Crippen LogP contribution is 2.28. The van der Waals surface area contributed by atoms with Crippen LogP contribution in [-0.2, 0) is 16.0 Å². The highest BCUT2D eigenvalue weighted by Gasteiger charge is 2.24. The van der Waals surface area contributed by atoms with E-state index < -0.39 is 0 Å². The molecular weight excluding hydrogens is 360 g/mol. The van der Waals surface area contributed by atoms with Gasteiger partial charge in [0.2, 0.25) is 5.91 Å². The number of carbonyl (C=O) groups is 2. The number of piperidine rings is 1. The van der Waals surface area contributed by atoms with Crippen molar-refractivity contribution in [2.75, 3.05) is 33.4 Å². The lowest BCUT2D eigenvalue weighted by molar-refractivity contribution is -0.122. The van der Waals surface area contributed by atoms with Gasteiger partial charge in [0.15, 0.2) is 11.5 Å². The molecule has 1 fully saturated rings. The lowest BCUT2D eigenvalue weighted by atomic mass is 10.0. The minimum atomic E-state index is -0.325. The SMILES string of the molecule is C=CCOC(=O)N1CCC(NC(=O)CCc2ccc(OCC)c(OC)c2)CC1. The summed E-state index contributed by atoms with van der Waals surface area (Å²) in [6.07, 6.45) is 3.71. The second-order valence-corrected chi connectivity index (χ2v) is 6.61. The van der Waals surface area contributed by atoms with Crippen molar-refractivity contribution < 1.29 is 23.8 Å². The first kappa shape index (κ1) is 21.6. The van der Waals surface area contributed by atoms with Crippen LogP contribution >= 0.6 is 0 Å². The number of rotatable bonds is 9. The molecule has 2 rings (SSSR count). The maximum Gasteiger partial charge on any atom is 0.410 e. The van der Waals surface area contributed by atoms with Crippen molar-refractivity contribution in [3.8, 4) is 11.5 Å². The molecule has 0 radical (unpaired) electrons. The third-order valence-electron chi connectivity index (χ3n) is 4.61. The minimum absolute atomic E-state index is 0.0144. The van der Waals surface area contributed by atoms with Crippen molar-refractivity contribution in [2.24, 2.45) is 0 Å². The van der Waals surface area contributed by atoms with Crippen LogP contribution in [0, 0.1) is 0 Å². The van der Waals surface area contributed by atoms with Gasteiger partial charge in [-0.05, 0) is 43.9 Å². The van der Waals surface area contributed by atoms with E-state index >= 15 is 0 Å². The predicted octanol–water partition coefficient (Wildman–Crippen LogP) is 2.93. The third-order valence-corrected chi connectivity index (χ3v) is 4.61. The van der Waals surface area contributed by atoms with E-state index in [0.29, 0.717) is 44.0 Å². The Balaban J connectivity index is 1.75. The summed E-state index contributed by atoms with van der Waals surface area (Å²) in [5, 5.41) is 3.06. The van der Waals surface area contributed by atoms with Gasteiger partial charge in [-0.2, -0.15) is 0 Å². The van der Waals surface area contributed by atoms with Gasteiger partial charge in [-0.25, -0.2) is 4.79 Å². The molecule has 0 saturated carbocycles. The van der Waals surface area contributed by atoms with Gasteiger partial charge in [0.25, 0.3) is 0 Å². The molecule has 0 aliphatic carbocycles. The second-order valence-electron chi connectivity index (χ2n) is 6.61. The average Bonchev–Trinajstić information content (AvgIpc) is 2.72. The highest BCUT2D eigenvalue weighted by molar-refractivity contribution is 5.76. The number of hydrogen-bond donors (Lipinski definition) is 1. The van der Waals surface area contributed by atoms with E-state index in [0.717, 1.165) is 18.4 Å². The van der Waals surface area contributed by atoms with E-state index in [1.54, 1.807) is 18.1 Å². The van der Waals surface area contributed by atoms with Crippen LogP contribution in [-0.4, -0.2) is 56.4 Å². The number of methoxy groups -OCH3 is 1. The Morgan fingerprint density at radius 1 is 1.29 bits per heavy atom. The summed E-state index contributed by atoms with van der Waals surface area (Å²) in [5.41, 5.74) is 1.02. The Morgan fingerprint density at radius 3 is 2.68 bits per heavy atom. The molecule has 0 aromatic heterocycles. The molecule has 0 bridgehead atoms. The molecule has 1 aliphatic heterocycles. The fourth-order valence-corrected chi connectivity index (χ4v) is 3.13. The summed E-state index contributed by atoms with van der Waals surface area (Å²) in [6.45, 7) is 7.40. The van der Waals surface area contributed by atoms with Crippen LogP contribution in [0.1, 0.15) is 31.7 Å². The van der Waals surface area contributed by atoms with Gasteiger partial charge in [0.05, 0.1) is 13.7 Å². The van der Waals surface area contributed by atoms with Crippen molar-refractivity contribution in [1.82, 2.24) is 10.2 Å². The van der Waals surface area contributed by atoms with Gasteiger partial charge in [-0.1, -0.05) is 18.7 Å². The fraction of sp³-hybridized carbons (Fsp3) is 0.524. The number of nitrogens with one attached hydrogen (secondary N) is 1. The smallest absolute Gasteiger partial charge is 0.410 e. The van der Waals surface area contributed by atoms with E-state index in [2.05, 4.69) is 11.9 Å². The molecule has 1 aliphatic rings. The number of hydrogen-bond acceptors (Lipinski definition) is 5. The van der Waals surface area contributed by atoms with Crippen molar-refractivity contribution in [1.29, 1.82) is 0 Å². The van der Waals surface area contributed by atoms with Crippen molar-refractivity contribution in [3.05, 3.63) is 36.4 Å². The number of amides is 2. The first-order valence-corrected chi connectivity index (χ1v) is 9.69. The van der Waals surface area contributed by atoms with Gasteiger partial charge in [0.1, 0.15) is 6.61 Å². The quantitative estimate of drug-likeness (QED) is 0.656. The predicted molar refractivity (Wildman–Crippen MR) is 107 cm³/mol. The Bertz CT molecular complexity index is 669. The van der Waals surface area contributed by atoms with E-state index in [9.17, 15) is 9.59 Å². The summed E-state index contributed by atoms with van der Waals surface area (Å²) in [5.74, 6) is 1.40. The molecule has 0 unspecified atom stereocenters. The standard InChI is InChI=1S/C21H30N2O5/c1-4-14-28-21(25)23-12-10-17(11-13-23)22-20(24)9-7-16-6-8-18(27-5-2)19(15-16)26-3/h4,6,8,15,17H,1,5,7,9-14H2,2-3H3,(H,22,24). The molecule has 1 N–H and O–H groups in total. The second kappa shape index (κ2) is 11.2. The number of nitrogens with zero attached hydrogens (tertiary/aromatic N) is 1. The van der Waals surface area contributed by atoms with Crippen LogP contribution in [0.2, 0.25) is 0 Å². The number of aryl methyl sites for hydroxylation is 1. The molecule has 154 valence electrons. The molecule has 1 aromatic rings. The van der Waals surface area contributed by atoms with E-state index in [1.807, 2.05) is 25.1 Å². The summed E-state index contributed by atoms with van der Waals surface area (Å²) < 4.78 is 15.9. The number of benzene rings is 1. The average molecular weight is 390 g/mol. The summed E-state index contributed by atoms with van der Waals surface area (Å²) in [7, 11) is 1.61. The van der Waals surface area contributed by atoms with Crippen LogP contribution in [0.4, 0.5) is 4.79 Å². The summed E-state index contributed by atoms with van der Waals surface area (Å²) in [6, 6.07) is 5.82. The van der Waals surface area contributed by atoms with E-state index in [1.165, 1.54) is 0 Å². The molecular formula is C21H30N2O5. The molecule has 7 heteroatoms. The zero-order chi connectivity index (χ0) is 20.4. The molecule has 2 amide bonds. The summed E-state index contributed by atoms with van der Waals surface area (Å²) >= 11 is 0. The first-order valence-electron chi connectivity index (χ1n) is 9.69. The number of likely N-dealkylation sites (tertiary alicyclic amines) is 1. The van der Waals surface area contributed by atoms with Crippen molar-refractivity contribution in [2.45, 2.75) is 38.6 Å². The first-order chi connectivity index (χ1) is 13.6. The molecule has 7 nitrogen and oxygen atoms in total. The largest absolute Gasteiger partial charge is 0.493 e. The van der Waals surface area contributed by atoms with Crippen molar-refractivity contribution >= 4 is 12.0 Å². The monoisotopic (exact) mass is 390 g/mol. The normalized spacial score (nSPS) is 14.3. The van der Waals surface area contributed by atoms with Crippen molar-refractivity contribution in [3.63, 3.8) is 0 Å². The van der Waals surface area contributed by atoms with Gasteiger partial charge in [-0.15, -0.1) is 0 Å². The zero-order valence-electron chi connectivity index (χ0n) is 16.7. The maximum absolute atomic E-state index is 12.3. The van der Waals surface area contributed by atoms with Gasteiger partial charge in [0, 0.05) is 25.6 Å². The highest BCUT2D eigenvalue weighted by atomic mass is 16.6. The third kappa shape index (κ3) is 6.48. The molecule has 0 atom stereocenters. The fourth-order valence-electron chi connectivity index (χ4n) is 3.13. The Kier molecular flexibility index (Phi) is 8.65. The molecule has 0 spiro atoms. The number of ether oxygens (including phenoxy) is 3. The van der Waals surface area contributed by atoms with Crippen LogP contribution < -0.4 is 14.8 Å². The Morgan fingerprint density at radius 2 is 2.04 bits per heavy atom. The minimum Gasteiger partial charge on any atom is -0.493 e. The Labute approximate surface area is 166 Å². The lowest BCUT2D eigenvalue weighted by Crippen LogP contribution is -2.46. The van der Waals surface area contributed by atoms with Gasteiger partial charge >= 0.3 is 6.09 Å². The van der Waals surface area contributed by atoms with Crippen LogP contribution in [0.25, 0.3) is 0 Å². The molecule has 1 saturated heterocycles. The van der Waals surface area contributed by atoms with E-state index in [4.69, 9.17) is 14.2 Å². The van der Waals surface area contributed by atoms with E-state index in [-0.39, 0.29) is 24.6 Å². The lowest BCUT2D eigenvalue weighted by Gasteiger charge is -2.31. The van der Waals surface area contributed by atoms with Crippen LogP contribution in [0.3, 0.4) is 0 Å². The van der Waals surface area contributed by atoms with Crippen LogP contribution in [0.15, 0.2) is 30.9 Å². The molecule has 1 heterocycles. The Hall–Kier alpha value is -2.70. The maximum atomic E-state index is 12.3. The molecule has 1 aromatic carbocycles. The van der Waals surface area contributed by atoms with Crippen LogP contribution in [0.5, 0.6) is 11.5 Å². The molecule has 28 heavy (non-hydrogen) atoms. The van der Waals surface area contributed by atoms with Gasteiger partial charge in [-0.3, -0.25) is 4.79 Å². The van der Waals surface area contributed by atoms with Gasteiger partial charge < -0.3 is 24.4 Å². The number of carbonyl (C=O) groups excluding carboxylic acids is 2. The zero-order valence-corrected chi connectivity index (χ0v) is 16.7. The topological polar surface area (TPSA) is 77.1 Å².